The van der Waals surface area contributed by atoms with Gasteiger partial charge in [0.15, 0.2) is 0 Å². The van der Waals surface area contributed by atoms with Crippen molar-refractivity contribution in [2.75, 3.05) is 26.2 Å². The molecule has 0 unspecified atom stereocenters. The quantitative estimate of drug-likeness (QED) is 0.736. The molecule has 28 heavy (non-hydrogen) atoms. The van der Waals surface area contributed by atoms with Crippen LogP contribution in [0.5, 0.6) is 0 Å². The number of amides is 1. The summed E-state index contributed by atoms with van der Waals surface area (Å²) in [5.41, 5.74) is 0.738. The molecule has 144 valence electrons. The minimum Gasteiger partial charge on any atom is -0.339 e. The van der Waals surface area contributed by atoms with Crippen molar-refractivity contribution in [2.24, 2.45) is 0 Å². The Morgan fingerprint density at radius 3 is 2.32 bits per heavy atom. The average Bonchev–Trinajstić information content (AvgIpc) is 2.72. The third kappa shape index (κ3) is 3.75. The molecule has 2 aromatic carbocycles. The molecule has 1 aliphatic rings. The minimum absolute atomic E-state index is 0.206. The van der Waals surface area contributed by atoms with Gasteiger partial charge >= 0.3 is 5.69 Å². The first-order valence-electron chi connectivity index (χ1n) is 9.38. The van der Waals surface area contributed by atoms with Crippen LogP contribution in [0.25, 0.3) is 10.9 Å². The van der Waals surface area contributed by atoms with E-state index in [2.05, 4.69) is 22.0 Å². The van der Waals surface area contributed by atoms with Gasteiger partial charge in [-0.3, -0.25) is 19.1 Å². The molecule has 1 aliphatic heterocycles. The smallest absolute Gasteiger partial charge is 0.329 e. The summed E-state index contributed by atoms with van der Waals surface area (Å²) >= 11 is 0. The van der Waals surface area contributed by atoms with Crippen molar-refractivity contribution in [1.29, 1.82) is 0 Å². The maximum absolute atomic E-state index is 12.7. The van der Waals surface area contributed by atoms with E-state index < -0.39 is 11.2 Å². The van der Waals surface area contributed by atoms with Crippen LogP contribution in [-0.2, 0) is 17.9 Å². The number of carbonyl (C=O) groups is 1. The van der Waals surface area contributed by atoms with Crippen LogP contribution in [0.1, 0.15) is 5.56 Å². The van der Waals surface area contributed by atoms with Crippen molar-refractivity contribution in [3.8, 4) is 0 Å². The fourth-order valence-corrected chi connectivity index (χ4v) is 3.57. The highest BCUT2D eigenvalue weighted by Crippen LogP contribution is 2.09. The number of nitrogens with zero attached hydrogens (tertiary/aromatic N) is 3. The lowest BCUT2D eigenvalue weighted by Gasteiger charge is -2.34. The van der Waals surface area contributed by atoms with E-state index in [0.29, 0.717) is 24.0 Å². The molecule has 1 amide bonds. The lowest BCUT2D eigenvalue weighted by atomic mass is 10.2. The van der Waals surface area contributed by atoms with Crippen molar-refractivity contribution in [3.63, 3.8) is 0 Å². The first-order chi connectivity index (χ1) is 13.6. The van der Waals surface area contributed by atoms with E-state index in [4.69, 9.17) is 0 Å². The SMILES string of the molecule is O=C(Cn1c(=O)[nH]c2ccccc2c1=O)N1CCN(Cc2ccccc2)CC1. The first-order valence-corrected chi connectivity index (χ1v) is 9.38. The number of fused-ring (bicyclic) bond motifs is 1. The number of hydrogen-bond donors (Lipinski definition) is 1. The lowest BCUT2D eigenvalue weighted by molar-refractivity contribution is -0.133. The number of para-hydroxylation sites is 1. The molecule has 3 aromatic rings. The number of aromatic amines is 1. The summed E-state index contributed by atoms with van der Waals surface area (Å²) in [4.78, 5) is 44.2. The summed E-state index contributed by atoms with van der Waals surface area (Å²) in [6.07, 6.45) is 0. The molecule has 0 aliphatic carbocycles. The molecule has 0 radical (unpaired) electrons. The highest BCUT2D eigenvalue weighted by molar-refractivity contribution is 5.79. The number of hydrogen-bond acceptors (Lipinski definition) is 4. The summed E-state index contributed by atoms with van der Waals surface area (Å²) in [5, 5.41) is 0.405. The van der Waals surface area contributed by atoms with Gasteiger partial charge in [-0.05, 0) is 17.7 Å². The fraction of sp³-hybridized carbons (Fsp3) is 0.286. The van der Waals surface area contributed by atoms with Crippen molar-refractivity contribution in [3.05, 3.63) is 81.0 Å². The van der Waals surface area contributed by atoms with Gasteiger partial charge in [0.2, 0.25) is 5.91 Å². The molecular weight excluding hydrogens is 356 g/mol. The molecule has 0 saturated carbocycles. The molecule has 0 spiro atoms. The normalized spacial score (nSPS) is 15.1. The van der Waals surface area contributed by atoms with Gasteiger partial charge in [-0.15, -0.1) is 0 Å². The molecule has 0 bridgehead atoms. The summed E-state index contributed by atoms with van der Waals surface area (Å²) in [6.45, 7) is 3.33. The third-order valence-electron chi connectivity index (χ3n) is 5.16. The third-order valence-corrected chi connectivity index (χ3v) is 5.16. The van der Waals surface area contributed by atoms with Crippen molar-refractivity contribution in [1.82, 2.24) is 19.4 Å². The summed E-state index contributed by atoms with van der Waals surface area (Å²) in [5.74, 6) is -0.206. The highest BCUT2D eigenvalue weighted by atomic mass is 16.2. The fourth-order valence-electron chi connectivity index (χ4n) is 3.57. The van der Waals surface area contributed by atoms with E-state index in [1.165, 1.54) is 5.56 Å². The van der Waals surface area contributed by atoms with E-state index in [0.717, 1.165) is 24.2 Å². The first kappa shape index (κ1) is 18.2. The van der Waals surface area contributed by atoms with E-state index >= 15 is 0 Å². The van der Waals surface area contributed by atoms with Gasteiger partial charge in [0, 0.05) is 32.7 Å². The molecule has 1 fully saturated rings. The van der Waals surface area contributed by atoms with E-state index in [1.807, 2.05) is 18.2 Å². The molecular formula is C21H22N4O3. The monoisotopic (exact) mass is 378 g/mol. The average molecular weight is 378 g/mol. The van der Waals surface area contributed by atoms with Crippen molar-refractivity contribution < 1.29 is 4.79 Å². The van der Waals surface area contributed by atoms with E-state index in [1.54, 1.807) is 29.2 Å². The summed E-state index contributed by atoms with van der Waals surface area (Å²) in [6, 6.07) is 17.0. The number of aromatic nitrogens is 2. The second kappa shape index (κ2) is 7.82. The molecule has 1 saturated heterocycles. The molecule has 0 atom stereocenters. The van der Waals surface area contributed by atoms with Crippen LogP contribution in [0.2, 0.25) is 0 Å². The van der Waals surface area contributed by atoms with Crippen LogP contribution in [0.3, 0.4) is 0 Å². The van der Waals surface area contributed by atoms with Gasteiger partial charge in [0.1, 0.15) is 6.54 Å². The number of nitrogens with one attached hydrogen (secondary N) is 1. The Kier molecular flexibility index (Phi) is 5.08. The lowest BCUT2D eigenvalue weighted by Crippen LogP contribution is -2.50. The van der Waals surface area contributed by atoms with E-state index in [-0.39, 0.29) is 12.5 Å². The number of H-pyrrole nitrogens is 1. The van der Waals surface area contributed by atoms with Crippen LogP contribution in [0.15, 0.2) is 64.2 Å². The van der Waals surface area contributed by atoms with Gasteiger partial charge in [0.25, 0.3) is 5.56 Å². The zero-order chi connectivity index (χ0) is 19.5. The van der Waals surface area contributed by atoms with Crippen LogP contribution in [0, 0.1) is 0 Å². The van der Waals surface area contributed by atoms with E-state index in [9.17, 15) is 14.4 Å². The predicted molar refractivity (Wildman–Crippen MR) is 107 cm³/mol. The van der Waals surface area contributed by atoms with Crippen LogP contribution in [-0.4, -0.2) is 51.4 Å². The minimum atomic E-state index is -0.556. The molecule has 7 heteroatoms. The molecule has 2 heterocycles. The maximum atomic E-state index is 12.7. The standard InChI is InChI=1S/C21H22N4O3/c26-19(15-25-20(27)17-8-4-5-9-18(17)22-21(25)28)24-12-10-23(11-13-24)14-16-6-2-1-3-7-16/h1-9H,10-15H2,(H,22,28). The van der Waals surface area contributed by atoms with Crippen LogP contribution >= 0.6 is 0 Å². The number of benzene rings is 2. The molecule has 1 aromatic heterocycles. The topological polar surface area (TPSA) is 78.4 Å². The summed E-state index contributed by atoms with van der Waals surface area (Å²) < 4.78 is 0.987. The van der Waals surface area contributed by atoms with Gasteiger partial charge in [0.05, 0.1) is 10.9 Å². The second-order valence-electron chi connectivity index (χ2n) is 7.01. The van der Waals surface area contributed by atoms with Gasteiger partial charge in [-0.25, -0.2) is 4.79 Å². The zero-order valence-corrected chi connectivity index (χ0v) is 15.5. The largest absolute Gasteiger partial charge is 0.339 e. The van der Waals surface area contributed by atoms with Crippen molar-refractivity contribution in [2.45, 2.75) is 13.1 Å². The summed E-state index contributed by atoms with van der Waals surface area (Å²) in [7, 11) is 0. The zero-order valence-electron chi connectivity index (χ0n) is 15.5. The molecule has 1 N–H and O–H groups in total. The van der Waals surface area contributed by atoms with Gasteiger partial charge < -0.3 is 9.88 Å². The number of rotatable bonds is 4. The number of carbonyl (C=O) groups excluding carboxylic acids is 1. The molecule has 7 nitrogen and oxygen atoms in total. The Morgan fingerprint density at radius 2 is 1.57 bits per heavy atom. The van der Waals surface area contributed by atoms with Crippen molar-refractivity contribution >= 4 is 16.8 Å². The Hall–Kier alpha value is -3.19. The Balaban J connectivity index is 1.42. The second-order valence-corrected chi connectivity index (χ2v) is 7.01. The Morgan fingerprint density at radius 1 is 0.893 bits per heavy atom. The van der Waals surface area contributed by atoms with Gasteiger partial charge in [-0.1, -0.05) is 42.5 Å². The number of piperazine rings is 1. The molecule has 4 rings (SSSR count). The van der Waals surface area contributed by atoms with Gasteiger partial charge in [-0.2, -0.15) is 0 Å². The van der Waals surface area contributed by atoms with Crippen LogP contribution in [0.4, 0.5) is 0 Å². The maximum Gasteiger partial charge on any atom is 0.329 e. The predicted octanol–water partition coefficient (Wildman–Crippen LogP) is 1.03. The Labute approximate surface area is 161 Å². The highest BCUT2D eigenvalue weighted by Gasteiger charge is 2.22. The Bertz CT molecular complexity index is 1100. The van der Waals surface area contributed by atoms with Crippen LogP contribution < -0.4 is 11.2 Å².